The molecule has 0 radical (unpaired) electrons. The van der Waals surface area contributed by atoms with Gasteiger partial charge in [0.1, 0.15) is 0 Å². The Hall–Kier alpha value is -3.66. The first kappa shape index (κ1) is 23.1. The first-order chi connectivity index (χ1) is 16.8. The zero-order chi connectivity index (χ0) is 24.7. The van der Waals surface area contributed by atoms with Crippen molar-refractivity contribution < 1.29 is 4.79 Å². The van der Waals surface area contributed by atoms with Crippen LogP contribution in [0.4, 0.5) is 5.95 Å². The number of carbonyl (C=O) groups excluding carboxylic acids is 1. The molecule has 1 amide bonds. The van der Waals surface area contributed by atoms with E-state index < -0.39 is 5.69 Å². The number of benzene rings is 1. The molecule has 3 aromatic heterocycles. The average Bonchev–Trinajstić information content (AvgIpc) is 3.51. The molecule has 1 aromatic carbocycles. The Morgan fingerprint density at radius 2 is 1.71 bits per heavy atom. The monoisotopic (exact) mass is 492 g/mol. The molecule has 10 heteroatoms. The Morgan fingerprint density at radius 3 is 2.37 bits per heavy atom. The van der Waals surface area contributed by atoms with Gasteiger partial charge < -0.3 is 9.80 Å². The fourth-order valence-corrected chi connectivity index (χ4v) is 5.23. The van der Waals surface area contributed by atoms with E-state index in [0.717, 1.165) is 20.6 Å². The van der Waals surface area contributed by atoms with Gasteiger partial charge in [0.15, 0.2) is 11.2 Å². The number of rotatable bonds is 5. The third-order valence-electron chi connectivity index (χ3n) is 6.61. The highest BCUT2D eigenvalue weighted by Gasteiger charge is 2.27. The molecule has 1 fully saturated rings. The summed E-state index contributed by atoms with van der Waals surface area (Å²) in [7, 11) is 3.13. The number of aromatic nitrogens is 4. The topological polar surface area (TPSA) is 85.4 Å². The summed E-state index contributed by atoms with van der Waals surface area (Å²) in [5, 5.41) is 1.98. The lowest BCUT2D eigenvalue weighted by Crippen LogP contribution is -2.50. The summed E-state index contributed by atoms with van der Waals surface area (Å²) in [6, 6.07) is 12.1. The minimum atomic E-state index is -0.405. The number of anilines is 1. The van der Waals surface area contributed by atoms with Gasteiger partial charge >= 0.3 is 5.69 Å². The van der Waals surface area contributed by atoms with Crippen LogP contribution in [0.25, 0.3) is 11.2 Å². The van der Waals surface area contributed by atoms with Gasteiger partial charge in [-0.25, -0.2) is 4.79 Å². The van der Waals surface area contributed by atoms with Gasteiger partial charge in [-0.05, 0) is 23.9 Å². The minimum absolute atomic E-state index is 0.122. The normalized spacial score (nSPS) is 14.1. The lowest BCUT2D eigenvalue weighted by molar-refractivity contribution is -0.130. The number of nitrogens with zero attached hydrogens (tertiary/aromatic N) is 6. The molecule has 5 rings (SSSR count). The molecule has 35 heavy (non-hydrogen) atoms. The second kappa shape index (κ2) is 9.18. The van der Waals surface area contributed by atoms with E-state index in [9.17, 15) is 14.4 Å². The Bertz CT molecular complexity index is 1490. The van der Waals surface area contributed by atoms with Crippen LogP contribution in [0.1, 0.15) is 16.0 Å². The van der Waals surface area contributed by atoms with Crippen LogP contribution in [0.2, 0.25) is 0 Å². The smallest absolute Gasteiger partial charge is 0.332 e. The van der Waals surface area contributed by atoms with E-state index in [1.807, 2.05) is 58.2 Å². The van der Waals surface area contributed by atoms with Crippen LogP contribution in [0.15, 0.2) is 51.4 Å². The molecule has 0 N–H and O–H groups in total. The van der Waals surface area contributed by atoms with Crippen LogP contribution < -0.4 is 16.1 Å². The van der Waals surface area contributed by atoms with Gasteiger partial charge in [0.2, 0.25) is 11.9 Å². The number of fused-ring (bicyclic) bond motifs is 1. The Labute approximate surface area is 206 Å². The largest absolute Gasteiger partial charge is 0.339 e. The first-order valence-corrected chi connectivity index (χ1v) is 12.5. The van der Waals surface area contributed by atoms with Crippen molar-refractivity contribution in [3.05, 3.63) is 78.6 Å². The second-order valence-electron chi connectivity index (χ2n) is 8.99. The molecule has 1 aliphatic rings. The first-order valence-electron chi connectivity index (χ1n) is 11.6. The lowest BCUT2D eigenvalue weighted by atomic mass is 10.1. The molecule has 1 saturated heterocycles. The summed E-state index contributed by atoms with van der Waals surface area (Å²) in [5.74, 6) is 0.765. The fourth-order valence-electron chi connectivity index (χ4n) is 4.53. The van der Waals surface area contributed by atoms with Crippen molar-refractivity contribution in [1.82, 2.24) is 23.6 Å². The van der Waals surface area contributed by atoms with Crippen molar-refractivity contribution in [2.75, 3.05) is 31.1 Å². The predicted molar refractivity (Wildman–Crippen MR) is 137 cm³/mol. The summed E-state index contributed by atoms with van der Waals surface area (Å²) < 4.78 is 4.46. The number of aryl methyl sites for hydroxylation is 2. The zero-order valence-corrected chi connectivity index (χ0v) is 20.9. The molecule has 1 aliphatic heterocycles. The Morgan fingerprint density at radius 1 is 1.00 bits per heavy atom. The molecule has 0 bridgehead atoms. The summed E-state index contributed by atoms with van der Waals surface area (Å²) in [5.41, 5.74) is 2.21. The van der Waals surface area contributed by atoms with Crippen molar-refractivity contribution >= 4 is 34.4 Å². The van der Waals surface area contributed by atoms with E-state index >= 15 is 0 Å². The summed E-state index contributed by atoms with van der Waals surface area (Å²) >= 11 is 1.59. The van der Waals surface area contributed by atoms with Crippen LogP contribution >= 0.6 is 11.3 Å². The lowest BCUT2D eigenvalue weighted by Gasteiger charge is -2.35. The number of carbonyl (C=O) groups is 1. The van der Waals surface area contributed by atoms with Crippen LogP contribution in [-0.2, 0) is 31.9 Å². The number of amides is 1. The predicted octanol–water partition coefficient (Wildman–Crippen LogP) is 1.74. The van der Waals surface area contributed by atoms with E-state index in [2.05, 4.69) is 4.90 Å². The van der Waals surface area contributed by atoms with Crippen molar-refractivity contribution in [1.29, 1.82) is 0 Å². The van der Waals surface area contributed by atoms with Crippen LogP contribution in [-0.4, -0.2) is 55.7 Å². The molecule has 0 atom stereocenters. The number of hydrogen-bond donors (Lipinski definition) is 0. The SMILES string of the molecule is Cc1ccc(Cn2c(N3CCN(C(=O)Cc4cccs4)CC3)nc3c2c(=O)n(C)c(=O)n3C)cc1. The standard InChI is InChI=1S/C25H28N6O3S/c1-17-6-8-18(9-7-17)16-31-21-22(27(2)25(34)28(3)23(21)33)26-24(31)30-12-10-29(11-13-30)20(32)15-19-5-4-14-35-19/h4-9,14H,10-13,15-16H2,1-3H3. The quantitative estimate of drug-likeness (QED) is 0.424. The summed E-state index contributed by atoms with van der Waals surface area (Å²) in [4.78, 5) is 48.3. The van der Waals surface area contributed by atoms with E-state index in [1.165, 1.54) is 11.6 Å². The van der Waals surface area contributed by atoms with Gasteiger partial charge in [0.05, 0.1) is 13.0 Å². The zero-order valence-electron chi connectivity index (χ0n) is 20.1. The molecular formula is C25H28N6O3S. The molecule has 4 heterocycles. The van der Waals surface area contributed by atoms with Gasteiger partial charge in [-0.1, -0.05) is 35.9 Å². The van der Waals surface area contributed by atoms with Gasteiger partial charge in [0, 0.05) is 45.2 Å². The number of imidazole rings is 1. The number of hydrogen-bond acceptors (Lipinski definition) is 6. The van der Waals surface area contributed by atoms with Gasteiger partial charge in [-0.2, -0.15) is 4.98 Å². The van der Waals surface area contributed by atoms with Crippen LogP contribution in [0.5, 0.6) is 0 Å². The van der Waals surface area contributed by atoms with Crippen molar-refractivity contribution in [2.24, 2.45) is 14.1 Å². The number of thiophene rings is 1. The van der Waals surface area contributed by atoms with E-state index in [4.69, 9.17) is 4.98 Å². The highest BCUT2D eigenvalue weighted by Crippen LogP contribution is 2.23. The van der Waals surface area contributed by atoms with E-state index in [-0.39, 0.29) is 11.5 Å². The van der Waals surface area contributed by atoms with Gasteiger partial charge in [-0.3, -0.25) is 23.3 Å². The molecule has 9 nitrogen and oxygen atoms in total. The molecule has 0 aliphatic carbocycles. The van der Waals surface area contributed by atoms with Crippen LogP contribution in [0.3, 0.4) is 0 Å². The molecule has 0 spiro atoms. The maximum atomic E-state index is 13.2. The van der Waals surface area contributed by atoms with Gasteiger partial charge in [0.25, 0.3) is 5.56 Å². The summed E-state index contributed by atoms with van der Waals surface area (Å²) in [6.07, 6.45) is 0.418. The van der Waals surface area contributed by atoms with E-state index in [1.54, 1.807) is 18.4 Å². The second-order valence-corrected chi connectivity index (χ2v) is 10.0. The maximum Gasteiger partial charge on any atom is 0.332 e. The van der Waals surface area contributed by atoms with Crippen molar-refractivity contribution in [2.45, 2.75) is 19.9 Å². The van der Waals surface area contributed by atoms with Crippen LogP contribution in [0, 0.1) is 6.92 Å². The Balaban J connectivity index is 1.48. The van der Waals surface area contributed by atoms with E-state index in [0.29, 0.717) is 56.3 Å². The molecule has 0 saturated carbocycles. The molecule has 182 valence electrons. The molecule has 0 unspecified atom stereocenters. The third kappa shape index (κ3) is 4.29. The molecular weight excluding hydrogens is 464 g/mol. The maximum absolute atomic E-state index is 13.2. The highest BCUT2D eigenvalue weighted by atomic mass is 32.1. The minimum Gasteiger partial charge on any atom is -0.339 e. The highest BCUT2D eigenvalue weighted by molar-refractivity contribution is 7.10. The van der Waals surface area contributed by atoms with Crippen molar-refractivity contribution in [3.8, 4) is 0 Å². The van der Waals surface area contributed by atoms with Gasteiger partial charge in [-0.15, -0.1) is 11.3 Å². The molecule has 4 aromatic rings. The Kier molecular flexibility index (Phi) is 6.06. The average molecular weight is 493 g/mol. The third-order valence-corrected chi connectivity index (χ3v) is 7.49. The summed E-state index contributed by atoms with van der Waals surface area (Å²) in [6.45, 7) is 4.84. The van der Waals surface area contributed by atoms with Crippen molar-refractivity contribution in [3.63, 3.8) is 0 Å². The fraction of sp³-hybridized carbons (Fsp3) is 0.360. The number of piperazine rings is 1.